The van der Waals surface area contributed by atoms with Crippen molar-refractivity contribution >= 4 is 41.1 Å². The van der Waals surface area contributed by atoms with Gasteiger partial charge in [-0.15, -0.1) is 0 Å². The molecule has 4 rings (SSSR count). The second-order valence-electron chi connectivity index (χ2n) is 12.9. The molecule has 0 bridgehead atoms. The molecule has 1 heterocycles. The number of nitrogens with zero attached hydrogens (tertiary/aromatic N) is 1. The molecule has 2 aromatic rings. The molecule has 0 radical (unpaired) electrons. The first-order valence-corrected chi connectivity index (χ1v) is 17.5. The number of carbonyl (C=O) groups is 1. The van der Waals surface area contributed by atoms with Crippen LogP contribution in [0.2, 0.25) is 10.0 Å². The fourth-order valence-corrected chi connectivity index (χ4v) is 7.54. The molecule has 3 N–H and O–H groups in total. The molecule has 2 aliphatic rings. The van der Waals surface area contributed by atoms with E-state index in [-0.39, 0.29) is 23.3 Å². The number of ether oxygens (including phenoxy) is 2. The maximum atomic E-state index is 12.3. The van der Waals surface area contributed by atoms with Crippen LogP contribution in [-0.4, -0.2) is 75.1 Å². The Morgan fingerprint density at radius 3 is 2.61 bits per heavy atom. The number of aliphatic hydroxyl groups is 1. The number of benzene rings is 2. The highest BCUT2D eigenvalue weighted by molar-refractivity contribution is 7.97. The Bertz CT molecular complexity index is 1210. The summed E-state index contributed by atoms with van der Waals surface area (Å²) in [5.74, 6) is 1.04. The van der Waals surface area contributed by atoms with Crippen molar-refractivity contribution in [3.05, 3.63) is 63.1 Å². The number of hydrogen-bond acceptors (Lipinski definition) is 7. The van der Waals surface area contributed by atoms with Crippen molar-refractivity contribution < 1.29 is 19.4 Å². The van der Waals surface area contributed by atoms with Crippen LogP contribution in [0.3, 0.4) is 0 Å². The number of amides is 1. The molecule has 0 aromatic heterocycles. The van der Waals surface area contributed by atoms with Crippen molar-refractivity contribution in [2.45, 2.75) is 75.8 Å². The van der Waals surface area contributed by atoms with E-state index < -0.39 is 0 Å². The average Bonchev–Trinajstić information content (AvgIpc) is 3.78. The molecule has 0 saturated heterocycles. The quantitative estimate of drug-likeness (QED) is 0.114. The van der Waals surface area contributed by atoms with Crippen molar-refractivity contribution in [2.24, 2.45) is 11.3 Å². The van der Waals surface area contributed by atoms with Gasteiger partial charge in [0, 0.05) is 53.5 Å². The van der Waals surface area contributed by atoms with Gasteiger partial charge >= 0.3 is 0 Å². The number of carbonyl (C=O) groups excluding carboxylic acids is 1. The van der Waals surface area contributed by atoms with E-state index in [9.17, 15) is 9.90 Å². The summed E-state index contributed by atoms with van der Waals surface area (Å²) in [7, 11) is 2.12. The van der Waals surface area contributed by atoms with Crippen LogP contribution in [0, 0.1) is 11.3 Å². The van der Waals surface area contributed by atoms with Gasteiger partial charge in [-0.1, -0.05) is 55.1 Å². The van der Waals surface area contributed by atoms with Crippen LogP contribution >= 0.6 is 35.1 Å². The van der Waals surface area contributed by atoms with Gasteiger partial charge in [-0.2, -0.15) is 0 Å². The summed E-state index contributed by atoms with van der Waals surface area (Å²) in [6.07, 6.45) is 5.40. The maximum absolute atomic E-state index is 12.3. The van der Waals surface area contributed by atoms with Crippen LogP contribution in [0.5, 0.6) is 0 Å². The zero-order chi connectivity index (χ0) is 31.5. The van der Waals surface area contributed by atoms with Crippen LogP contribution < -0.4 is 10.0 Å². The Balaban J connectivity index is 1.05. The standard InChI is InChI=1S/C34H49Cl2N3O4S/c1-24(40)20-34(2,21-25-7-8-25)10-9-33(41)37-11-13-42-15-16-43-14-12-38-44-28-6-4-5-26(17-28)30-22-39(3)23-31-29(30)18-27(35)19-32(31)36/h4-6,17-19,24-25,30,38,40H,7-16,20-23H2,1-3H3,(H,37,41)/t24?,30-,34?/m0/s1. The van der Waals surface area contributed by atoms with Crippen molar-refractivity contribution in [1.29, 1.82) is 0 Å². The molecule has 1 aliphatic carbocycles. The van der Waals surface area contributed by atoms with E-state index in [2.05, 4.69) is 59.2 Å². The number of fused-ring (bicyclic) bond motifs is 1. The van der Waals surface area contributed by atoms with Crippen LogP contribution in [0.1, 0.15) is 75.0 Å². The molecule has 1 fully saturated rings. The lowest BCUT2D eigenvalue weighted by Crippen LogP contribution is -2.31. The lowest BCUT2D eigenvalue weighted by atomic mass is 9.76. The van der Waals surface area contributed by atoms with Gasteiger partial charge in [0.2, 0.25) is 5.91 Å². The highest BCUT2D eigenvalue weighted by atomic mass is 35.5. The molecule has 1 saturated carbocycles. The number of halogens is 2. The Morgan fingerprint density at radius 2 is 1.89 bits per heavy atom. The number of likely N-dealkylation sites (N-methyl/N-ethyl adjacent to an activating group) is 1. The van der Waals surface area contributed by atoms with Gasteiger partial charge in [0.1, 0.15) is 0 Å². The Hall–Kier alpha value is -1.36. The summed E-state index contributed by atoms with van der Waals surface area (Å²) in [6.45, 7) is 9.04. The molecule has 1 aliphatic heterocycles. The van der Waals surface area contributed by atoms with Gasteiger partial charge in [0.25, 0.3) is 0 Å². The third-order valence-electron chi connectivity index (χ3n) is 8.45. The molecular weight excluding hydrogens is 617 g/mol. The third kappa shape index (κ3) is 11.8. The summed E-state index contributed by atoms with van der Waals surface area (Å²) in [5.41, 5.74) is 3.64. The fourth-order valence-electron chi connectivity index (χ4n) is 6.28. The van der Waals surface area contributed by atoms with Crippen LogP contribution in [0.15, 0.2) is 41.3 Å². The Morgan fingerprint density at radius 1 is 1.14 bits per heavy atom. The van der Waals surface area contributed by atoms with Crippen molar-refractivity contribution in [3.63, 3.8) is 0 Å². The predicted octanol–water partition coefficient (Wildman–Crippen LogP) is 6.67. The van der Waals surface area contributed by atoms with E-state index in [0.717, 1.165) is 53.8 Å². The topological polar surface area (TPSA) is 83.1 Å². The van der Waals surface area contributed by atoms with E-state index in [1.54, 1.807) is 11.9 Å². The summed E-state index contributed by atoms with van der Waals surface area (Å²) >= 11 is 14.5. The van der Waals surface area contributed by atoms with Gasteiger partial charge in [0.05, 0.1) is 32.5 Å². The summed E-state index contributed by atoms with van der Waals surface area (Å²) < 4.78 is 14.7. The van der Waals surface area contributed by atoms with E-state index in [0.29, 0.717) is 51.0 Å². The molecule has 3 atom stereocenters. The summed E-state index contributed by atoms with van der Waals surface area (Å²) in [6, 6.07) is 12.5. The fraction of sp³-hybridized carbons (Fsp3) is 0.618. The van der Waals surface area contributed by atoms with Crippen molar-refractivity contribution in [1.82, 2.24) is 14.9 Å². The lowest BCUT2D eigenvalue weighted by Gasteiger charge is -2.33. The first-order valence-electron chi connectivity index (χ1n) is 15.9. The van der Waals surface area contributed by atoms with E-state index >= 15 is 0 Å². The predicted molar refractivity (Wildman–Crippen MR) is 181 cm³/mol. The molecule has 0 spiro atoms. The molecule has 10 heteroatoms. The largest absolute Gasteiger partial charge is 0.393 e. The second-order valence-corrected chi connectivity index (χ2v) is 14.7. The Kier molecular flexibility index (Phi) is 14.1. The molecule has 2 aromatic carbocycles. The first-order chi connectivity index (χ1) is 21.1. The molecule has 2 unspecified atom stereocenters. The van der Waals surface area contributed by atoms with E-state index in [1.165, 1.54) is 24.0 Å². The molecule has 1 amide bonds. The molecule has 44 heavy (non-hydrogen) atoms. The number of hydrogen-bond donors (Lipinski definition) is 3. The minimum absolute atomic E-state index is 0.0293. The van der Waals surface area contributed by atoms with Crippen LogP contribution in [0.25, 0.3) is 0 Å². The number of aliphatic hydroxyl groups excluding tert-OH is 1. The molecule has 7 nitrogen and oxygen atoms in total. The number of rotatable bonds is 19. The smallest absolute Gasteiger partial charge is 0.220 e. The normalized spacial score (nSPS) is 18.9. The monoisotopic (exact) mass is 665 g/mol. The zero-order valence-electron chi connectivity index (χ0n) is 26.4. The highest BCUT2D eigenvalue weighted by Gasteiger charge is 2.34. The van der Waals surface area contributed by atoms with Crippen molar-refractivity contribution in [3.8, 4) is 0 Å². The summed E-state index contributed by atoms with van der Waals surface area (Å²) in [4.78, 5) is 15.8. The van der Waals surface area contributed by atoms with E-state index in [4.69, 9.17) is 32.7 Å². The minimum atomic E-state index is -0.335. The molecule has 244 valence electrons. The van der Waals surface area contributed by atoms with Crippen LogP contribution in [0.4, 0.5) is 0 Å². The van der Waals surface area contributed by atoms with Crippen molar-refractivity contribution in [2.75, 3.05) is 53.1 Å². The maximum Gasteiger partial charge on any atom is 0.220 e. The molecular formula is C34H49Cl2N3O4S. The van der Waals surface area contributed by atoms with E-state index in [1.807, 2.05) is 13.0 Å². The van der Waals surface area contributed by atoms with Gasteiger partial charge in [-0.3, -0.25) is 9.52 Å². The lowest BCUT2D eigenvalue weighted by molar-refractivity contribution is -0.122. The minimum Gasteiger partial charge on any atom is -0.393 e. The zero-order valence-corrected chi connectivity index (χ0v) is 28.7. The van der Waals surface area contributed by atoms with Gasteiger partial charge < -0.3 is 24.8 Å². The number of nitrogens with one attached hydrogen (secondary N) is 2. The summed E-state index contributed by atoms with van der Waals surface area (Å²) in [5, 5.41) is 14.3. The third-order valence-corrected chi connectivity index (χ3v) is 9.85. The van der Waals surface area contributed by atoms with Gasteiger partial charge in [0.15, 0.2) is 0 Å². The SMILES string of the molecule is CC(O)CC(C)(CCC(=O)NCCOCCOCCNSc1cccc([C@@H]2CN(C)Cc3c(Cl)cc(Cl)cc32)c1)CC1CC1. The average molecular weight is 667 g/mol. The highest BCUT2D eigenvalue weighted by Crippen LogP contribution is 2.45. The second kappa shape index (κ2) is 17.5. The van der Waals surface area contributed by atoms with Crippen LogP contribution in [-0.2, 0) is 20.8 Å². The van der Waals surface area contributed by atoms with Gasteiger partial charge in [-0.25, -0.2) is 0 Å². The Labute approximate surface area is 277 Å². The van der Waals surface area contributed by atoms with Gasteiger partial charge in [-0.05, 0) is 97.5 Å². The first kappa shape index (κ1) is 35.5.